The first-order chi connectivity index (χ1) is 11.1. The van der Waals surface area contributed by atoms with Gasteiger partial charge in [0.1, 0.15) is 0 Å². The van der Waals surface area contributed by atoms with Crippen molar-refractivity contribution < 1.29 is 9.59 Å². The summed E-state index contributed by atoms with van der Waals surface area (Å²) in [6.45, 7) is 1.46. The van der Waals surface area contributed by atoms with Crippen molar-refractivity contribution in [3.63, 3.8) is 0 Å². The van der Waals surface area contributed by atoms with Crippen LogP contribution in [0.15, 0.2) is 0 Å². The van der Waals surface area contributed by atoms with E-state index in [9.17, 15) is 9.59 Å². The van der Waals surface area contributed by atoms with E-state index in [1.54, 1.807) is 0 Å². The molecule has 3 fully saturated rings. The van der Waals surface area contributed by atoms with Crippen LogP contribution in [-0.2, 0) is 9.59 Å². The molecule has 5 heteroatoms. The van der Waals surface area contributed by atoms with Crippen molar-refractivity contribution in [3.05, 3.63) is 0 Å². The van der Waals surface area contributed by atoms with Gasteiger partial charge in [0.2, 0.25) is 11.8 Å². The van der Waals surface area contributed by atoms with Crippen molar-refractivity contribution in [3.8, 4) is 0 Å². The number of hydrogen-bond donors (Lipinski definition) is 2. The van der Waals surface area contributed by atoms with Crippen LogP contribution in [0.2, 0.25) is 0 Å². The maximum Gasteiger partial charge on any atom is 0.239 e. The first kappa shape index (κ1) is 16.7. The molecule has 1 aliphatic heterocycles. The van der Waals surface area contributed by atoms with Gasteiger partial charge < -0.3 is 16.0 Å². The zero-order valence-corrected chi connectivity index (χ0v) is 14.1. The molecular weight excluding hydrogens is 290 g/mol. The monoisotopic (exact) mass is 321 g/mol. The maximum absolute atomic E-state index is 12.5. The highest BCUT2D eigenvalue weighted by Crippen LogP contribution is 2.29. The summed E-state index contributed by atoms with van der Waals surface area (Å²) in [5.41, 5.74) is 6.18. The molecule has 0 aromatic heterocycles. The van der Waals surface area contributed by atoms with Crippen LogP contribution in [0.4, 0.5) is 0 Å². The number of nitrogens with zero attached hydrogens (tertiary/aromatic N) is 1. The van der Waals surface area contributed by atoms with E-state index in [2.05, 4.69) is 5.32 Å². The fourth-order valence-electron chi connectivity index (χ4n) is 4.03. The lowest BCUT2D eigenvalue weighted by atomic mass is 9.84. The summed E-state index contributed by atoms with van der Waals surface area (Å²) in [5.74, 6) is 1.22. The van der Waals surface area contributed by atoms with Crippen LogP contribution in [0.1, 0.15) is 64.2 Å². The molecule has 3 aliphatic rings. The van der Waals surface area contributed by atoms with Crippen LogP contribution in [0.3, 0.4) is 0 Å². The smallest absolute Gasteiger partial charge is 0.239 e. The molecule has 1 atom stereocenters. The Morgan fingerprint density at radius 1 is 1.00 bits per heavy atom. The summed E-state index contributed by atoms with van der Waals surface area (Å²) < 4.78 is 0. The largest absolute Gasteiger partial charge is 0.353 e. The summed E-state index contributed by atoms with van der Waals surface area (Å²) in [6.07, 6.45) is 11.0. The Kier molecular flexibility index (Phi) is 5.57. The van der Waals surface area contributed by atoms with Gasteiger partial charge >= 0.3 is 0 Å². The van der Waals surface area contributed by atoms with Crippen LogP contribution < -0.4 is 11.1 Å². The van der Waals surface area contributed by atoms with Crippen molar-refractivity contribution in [2.75, 3.05) is 13.1 Å². The van der Waals surface area contributed by atoms with Crippen LogP contribution in [0, 0.1) is 11.8 Å². The second kappa shape index (κ2) is 7.65. The SMILES string of the molecule is NC(CC1CCCCC1)C(=O)N1CCC(NC(=O)C2CC2)CC1. The predicted octanol–water partition coefficient (Wildman–Crippen LogP) is 1.80. The number of rotatable bonds is 5. The summed E-state index contributed by atoms with van der Waals surface area (Å²) in [7, 11) is 0. The molecule has 0 spiro atoms. The molecule has 0 aromatic rings. The van der Waals surface area contributed by atoms with Crippen LogP contribution in [-0.4, -0.2) is 41.9 Å². The highest BCUT2D eigenvalue weighted by molar-refractivity contribution is 5.82. The Labute approximate surface area is 139 Å². The number of nitrogens with one attached hydrogen (secondary N) is 1. The number of piperidine rings is 1. The number of hydrogen-bond acceptors (Lipinski definition) is 3. The molecule has 1 saturated heterocycles. The molecule has 1 heterocycles. The van der Waals surface area contributed by atoms with Crippen LogP contribution in [0.25, 0.3) is 0 Å². The van der Waals surface area contributed by atoms with Gasteiger partial charge in [-0.2, -0.15) is 0 Å². The summed E-state index contributed by atoms with van der Waals surface area (Å²) in [6, 6.07) is -0.0996. The minimum Gasteiger partial charge on any atom is -0.353 e. The lowest BCUT2D eigenvalue weighted by Gasteiger charge is -2.34. The van der Waals surface area contributed by atoms with Gasteiger partial charge in [0.05, 0.1) is 6.04 Å². The number of nitrogens with two attached hydrogens (primary N) is 1. The van der Waals surface area contributed by atoms with E-state index >= 15 is 0 Å². The average Bonchev–Trinajstić information content (AvgIpc) is 3.41. The average molecular weight is 321 g/mol. The van der Waals surface area contributed by atoms with Gasteiger partial charge in [0.15, 0.2) is 0 Å². The first-order valence-electron chi connectivity index (χ1n) is 9.48. The second-order valence-corrected chi connectivity index (χ2v) is 7.73. The normalized spacial score (nSPS) is 25.2. The minimum atomic E-state index is -0.337. The van der Waals surface area contributed by atoms with E-state index in [0.29, 0.717) is 5.92 Å². The second-order valence-electron chi connectivity index (χ2n) is 7.73. The van der Waals surface area contributed by atoms with Crippen molar-refractivity contribution in [2.24, 2.45) is 17.6 Å². The van der Waals surface area contributed by atoms with E-state index in [1.807, 2.05) is 4.90 Å². The van der Waals surface area contributed by atoms with E-state index < -0.39 is 0 Å². The fraction of sp³-hybridized carbons (Fsp3) is 0.889. The molecule has 2 aliphatic carbocycles. The lowest BCUT2D eigenvalue weighted by Crippen LogP contribution is -2.51. The quantitative estimate of drug-likeness (QED) is 0.811. The van der Waals surface area contributed by atoms with Gasteiger partial charge in [0.25, 0.3) is 0 Å². The Balaban J connectivity index is 1.39. The standard InChI is InChI=1S/C18H31N3O2/c19-16(12-13-4-2-1-3-5-13)18(23)21-10-8-15(9-11-21)20-17(22)14-6-7-14/h13-16H,1-12,19H2,(H,20,22). The van der Waals surface area contributed by atoms with Gasteiger partial charge in [-0.05, 0) is 38.0 Å². The molecule has 130 valence electrons. The molecule has 0 radical (unpaired) electrons. The van der Waals surface area contributed by atoms with Crippen LogP contribution in [0.5, 0.6) is 0 Å². The van der Waals surface area contributed by atoms with Gasteiger partial charge in [-0.1, -0.05) is 32.1 Å². The van der Waals surface area contributed by atoms with Crippen molar-refractivity contribution in [2.45, 2.75) is 76.3 Å². The Bertz CT molecular complexity index is 422. The summed E-state index contributed by atoms with van der Waals surface area (Å²) in [5, 5.41) is 3.13. The fourth-order valence-corrected chi connectivity index (χ4v) is 4.03. The van der Waals surface area contributed by atoms with Gasteiger partial charge in [0, 0.05) is 25.0 Å². The zero-order chi connectivity index (χ0) is 16.2. The van der Waals surface area contributed by atoms with Gasteiger partial charge in [-0.15, -0.1) is 0 Å². The molecule has 0 aromatic carbocycles. The number of likely N-dealkylation sites (tertiary alicyclic amines) is 1. The number of carbonyl (C=O) groups is 2. The number of carbonyl (C=O) groups excluding carboxylic acids is 2. The summed E-state index contributed by atoms with van der Waals surface area (Å²) >= 11 is 0. The Morgan fingerprint density at radius 2 is 1.65 bits per heavy atom. The Morgan fingerprint density at radius 3 is 2.26 bits per heavy atom. The molecule has 3 rings (SSSR count). The van der Waals surface area contributed by atoms with Crippen molar-refractivity contribution in [1.29, 1.82) is 0 Å². The third kappa shape index (κ3) is 4.69. The van der Waals surface area contributed by atoms with Crippen molar-refractivity contribution >= 4 is 11.8 Å². The molecule has 2 saturated carbocycles. The van der Waals surface area contributed by atoms with Gasteiger partial charge in [-0.25, -0.2) is 0 Å². The molecule has 1 unspecified atom stereocenters. The molecule has 23 heavy (non-hydrogen) atoms. The van der Waals surface area contributed by atoms with E-state index in [1.165, 1.54) is 32.1 Å². The zero-order valence-electron chi connectivity index (χ0n) is 14.1. The molecular formula is C18H31N3O2. The third-order valence-electron chi connectivity index (χ3n) is 5.73. The topological polar surface area (TPSA) is 75.4 Å². The van der Waals surface area contributed by atoms with Gasteiger partial charge in [-0.3, -0.25) is 9.59 Å². The molecule has 0 bridgehead atoms. The van der Waals surface area contributed by atoms with E-state index in [-0.39, 0.29) is 29.8 Å². The molecule has 2 amide bonds. The third-order valence-corrected chi connectivity index (χ3v) is 5.73. The highest BCUT2D eigenvalue weighted by Gasteiger charge is 2.33. The highest BCUT2D eigenvalue weighted by atomic mass is 16.2. The minimum absolute atomic E-state index is 0.113. The molecule has 3 N–H and O–H groups in total. The molecule has 5 nitrogen and oxygen atoms in total. The van der Waals surface area contributed by atoms with Crippen LogP contribution >= 0.6 is 0 Å². The maximum atomic E-state index is 12.5. The summed E-state index contributed by atoms with van der Waals surface area (Å²) in [4.78, 5) is 26.2. The number of amides is 2. The lowest BCUT2D eigenvalue weighted by molar-refractivity contribution is -0.134. The van der Waals surface area contributed by atoms with E-state index in [4.69, 9.17) is 5.73 Å². The Hall–Kier alpha value is -1.10. The van der Waals surface area contributed by atoms with E-state index in [0.717, 1.165) is 45.2 Å². The first-order valence-corrected chi connectivity index (χ1v) is 9.48. The predicted molar refractivity (Wildman–Crippen MR) is 89.6 cm³/mol. The van der Waals surface area contributed by atoms with Crippen molar-refractivity contribution in [1.82, 2.24) is 10.2 Å².